The molecule has 0 aliphatic rings. The Kier molecular flexibility index (Phi) is 11.9. The summed E-state index contributed by atoms with van der Waals surface area (Å²) in [5.41, 5.74) is 0. The summed E-state index contributed by atoms with van der Waals surface area (Å²) >= 11 is 0. The molecule has 0 fully saturated rings. The number of nitrogens with one attached hydrogen (secondary N) is 3. The first kappa shape index (κ1) is 13.9. The summed E-state index contributed by atoms with van der Waals surface area (Å²) < 4.78 is 0. The topological polar surface area (TPSA) is 36.1 Å². The first-order valence-corrected chi connectivity index (χ1v) is 5.88. The SMILES string of the molecule is CCCCCCCNC=CNC=CNC. The van der Waals surface area contributed by atoms with Crippen LogP contribution in [0.3, 0.4) is 0 Å². The Morgan fingerprint density at radius 2 is 1.60 bits per heavy atom. The van der Waals surface area contributed by atoms with E-state index in [1.165, 1.54) is 32.1 Å². The van der Waals surface area contributed by atoms with Crippen LogP contribution in [0.1, 0.15) is 39.0 Å². The van der Waals surface area contributed by atoms with Crippen molar-refractivity contribution in [3.05, 3.63) is 24.8 Å². The molecule has 0 heterocycles. The van der Waals surface area contributed by atoms with Crippen LogP contribution in [-0.4, -0.2) is 13.6 Å². The lowest BCUT2D eigenvalue weighted by Gasteiger charge is -2.00. The Morgan fingerprint density at radius 3 is 2.33 bits per heavy atom. The van der Waals surface area contributed by atoms with E-state index in [4.69, 9.17) is 0 Å². The molecule has 0 aromatic carbocycles. The zero-order valence-electron chi connectivity index (χ0n) is 10.1. The highest BCUT2D eigenvalue weighted by Gasteiger charge is 1.86. The Balaban J connectivity index is 3.06. The van der Waals surface area contributed by atoms with Crippen molar-refractivity contribution in [2.24, 2.45) is 0 Å². The molecule has 0 aliphatic carbocycles. The second kappa shape index (κ2) is 12.9. The molecule has 0 atom stereocenters. The predicted octanol–water partition coefficient (Wildman–Crippen LogP) is 2.30. The van der Waals surface area contributed by atoms with Crippen molar-refractivity contribution in [1.82, 2.24) is 16.0 Å². The molecule has 0 unspecified atom stereocenters. The van der Waals surface area contributed by atoms with E-state index >= 15 is 0 Å². The van der Waals surface area contributed by atoms with E-state index in [9.17, 15) is 0 Å². The summed E-state index contributed by atoms with van der Waals surface area (Å²) in [6.45, 7) is 3.31. The minimum atomic E-state index is 1.07. The highest BCUT2D eigenvalue weighted by molar-refractivity contribution is 4.85. The molecular formula is C12H25N3. The molecule has 3 heteroatoms. The molecule has 0 aliphatic heterocycles. The standard InChI is InChI=1S/C12H25N3/c1-3-4-5-6-7-8-14-11-12-15-10-9-13-2/h9-15H,3-8H2,1-2H3. The number of hydrogen-bond donors (Lipinski definition) is 3. The van der Waals surface area contributed by atoms with Gasteiger partial charge in [-0.05, 0) is 6.42 Å². The first-order chi connectivity index (χ1) is 7.41. The largest absolute Gasteiger partial charge is 0.393 e. The Hall–Kier alpha value is -1.12. The fourth-order valence-electron chi connectivity index (χ4n) is 1.21. The molecule has 0 rings (SSSR count). The maximum atomic E-state index is 3.24. The van der Waals surface area contributed by atoms with Crippen LogP contribution < -0.4 is 16.0 Å². The molecule has 0 aromatic rings. The molecule has 0 bridgehead atoms. The van der Waals surface area contributed by atoms with Gasteiger partial charge in [-0.1, -0.05) is 32.6 Å². The van der Waals surface area contributed by atoms with Crippen LogP contribution in [0.4, 0.5) is 0 Å². The van der Waals surface area contributed by atoms with Crippen molar-refractivity contribution in [1.29, 1.82) is 0 Å². The van der Waals surface area contributed by atoms with Crippen LogP contribution in [-0.2, 0) is 0 Å². The molecule has 0 spiro atoms. The van der Waals surface area contributed by atoms with Gasteiger partial charge in [-0.15, -0.1) is 0 Å². The summed E-state index contributed by atoms with van der Waals surface area (Å²) in [4.78, 5) is 0. The fraction of sp³-hybridized carbons (Fsp3) is 0.667. The van der Waals surface area contributed by atoms with E-state index in [-0.39, 0.29) is 0 Å². The van der Waals surface area contributed by atoms with E-state index in [2.05, 4.69) is 22.9 Å². The quantitative estimate of drug-likeness (QED) is 0.485. The van der Waals surface area contributed by atoms with Gasteiger partial charge in [-0.2, -0.15) is 0 Å². The zero-order valence-corrected chi connectivity index (χ0v) is 10.1. The maximum absolute atomic E-state index is 3.24. The van der Waals surface area contributed by atoms with Crippen molar-refractivity contribution in [2.75, 3.05) is 13.6 Å². The van der Waals surface area contributed by atoms with Crippen molar-refractivity contribution < 1.29 is 0 Å². The minimum Gasteiger partial charge on any atom is -0.393 e. The van der Waals surface area contributed by atoms with E-state index < -0.39 is 0 Å². The van der Waals surface area contributed by atoms with Gasteiger partial charge >= 0.3 is 0 Å². The summed E-state index contributed by atoms with van der Waals surface area (Å²) in [6, 6.07) is 0. The second-order valence-electron chi connectivity index (χ2n) is 3.49. The van der Waals surface area contributed by atoms with Crippen LogP contribution >= 0.6 is 0 Å². The monoisotopic (exact) mass is 211 g/mol. The molecule has 3 N–H and O–H groups in total. The summed E-state index contributed by atoms with van der Waals surface area (Å²) in [6.07, 6.45) is 14.2. The maximum Gasteiger partial charge on any atom is 0.0164 e. The summed E-state index contributed by atoms with van der Waals surface area (Å²) in [7, 11) is 1.87. The fourth-order valence-corrected chi connectivity index (χ4v) is 1.21. The lowest BCUT2D eigenvalue weighted by molar-refractivity contribution is 0.618. The predicted molar refractivity (Wildman–Crippen MR) is 67.2 cm³/mol. The van der Waals surface area contributed by atoms with Crippen LogP contribution in [0.2, 0.25) is 0 Å². The Labute approximate surface area is 94.0 Å². The number of rotatable bonds is 10. The van der Waals surface area contributed by atoms with E-state index in [1.807, 2.05) is 31.8 Å². The molecular weight excluding hydrogens is 186 g/mol. The lowest BCUT2D eigenvalue weighted by Crippen LogP contribution is -2.08. The van der Waals surface area contributed by atoms with Crippen molar-refractivity contribution in [2.45, 2.75) is 39.0 Å². The molecule has 0 aromatic heterocycles. The Morgan fingerprint density at radius 1 is 0.867 bits per heavy atom. The third kappa shape index (κ3) is 12.9. The van der Waals surface area contributed by atoms with Crippen LogP contribution in [0, 0.1) is 0 Å². The van der Waals surface area contributed by atoms with E-state index in [0.29, 0.717) is 0 Å². The minimum absolute atomic E-state index is 1.07. The third-order valence-corrected chi connectivity index (χ3v) is 2.07. The highest BCUT2D eigenvalue weighted by atomic mass is 14.9. The van der Waals surface area contributed by atoms with Gasteiger partial charge < -0.3 is 16.0 Å². The smallest absolute Gasteiger partial charge is 0.0164 e. The molecule has 15 heavy (non-hydrogen) atoms. The van der Waals surface area contributed by atoms with Crippen molar-refractivity contribution in [3.8, 4) is 0 Å². The van der Waals surface area contributed by atoms with Crippen LogP contribution in [0.25, 0.3) is 0 Å². The van der Waals surface area contributed by atoms with Gasteiger partial charge in [0.2, 0.25) is 0 Å². The van der Waals surface area contributed by atoms with Gasteiger partial charge in [0, 0.05) is 38.4 Å². The summed E-state index contributed by atoms with van der Waals surface area (Å²) in [5, 5.41) is 9.15. The molecule has 0 radical (unpaired) electrons. The van der Waals surface area contributed by atoms with Gasteiger partial charge in [0.25, 0.3) is 0 Å². The van der Waals surface area contributed by atoms with Gasteiger partial charge in [-0.25, -0.2) is 0 Å². The van der Waals surface area contributed by atoms with Gasteiger partial charge in [0.1, 0.15) is 0 Å². The highest BCUT2D eigenvalue weighted by Crippen LogP contribution is 2.00. The van der Waals surface area contributed by atoms with E-state index in [0.717, 1.165) is 6.54 Å². The van der Waals surface area contributed by atoms with Crippen molar-refractivity contribution >= 4 is 0 Å². The van der Waals surface area contributed by atoms with Crippen LogP contribution in [0.5, 0.6) is 0 Å². The van der Waals surface area contributed by atoms with Gasteiger partial charge in [0.05, 0.1) is 0 Å². The second-order valence-corrected chi connectivity index (χ2v) is 3.49. The number of unbranched alkanes of at least 4 members (excludes halogenated alkanes) is 4. The average molecular weight is 211 g/mol. The lowest BCUT2D eigenvalue weighted by atomic mass is 10.1. The normalized spacial score (nSPS) is 11.1. The molecule has 3 nitrogen and oxygen atoms in total. The van der Waals surface area contributed by atoms with Gasteiger partial charge in [0.15, 0.2) is 0 Å². The van der Waals surface area contributed by atoms with E-state index in [1.54, 1.807) is 0 Å². The Bertz CT molecular complexity index is 164. The van der Waals surface area contributed by atoms with Crippen molar-refractivity contribution in [3.63, 3.8) is 0 Å². The molecule has 0 saturated carbocycles. The molecule has 0 amide bonds. The molecule has 88 valence electrons. The molecule has 0 saturated heterocycles. The first-order valence-electron chi connectivity index (χ1n) is 5.88. The zero-order chi connectivity index (χ0) is 11.2. The van der Waals surface area contributed by atoms with Gasteiger partial charge in [-0.3, -0.25) is 0 Å². The number of hydrogen-bond acceptors (Lipinski definition) is 3. The van der Waals surface area contributed by atoms with Crippen LogP contribution in [0.15, 0.2) is 24.8 Å². The third-order valence-electron chi connectivity index (χ3n) is 2.07. The summed E-state index contributed by atoms with van der Waals surface area (Å²) in [5.74, 6) is 0. The average Bonchev–Trinajstić information content (AvgIpc) is 2.26.